The number of amides is 2. The molecule has 2 amide bonds. The Labute approximate surface area is 192 Å². The van der Waals surface area contributed by atoms with Crippen LogP contribution in [0.4, 0.5) is 0 Å². The first-order valence-electron chi connectivity index (χ1n) is 11.4. The zero-order valence-electron chi connectivity index (χ0n) is 19.0. The van der Waals surface area contributed by atoms with Crippen LogP contribution in [-0.2, 0) is 29.0 Å². The van der Waals surface area contributed by atoms with Gasteiger partial charge in [-0.25, -0.2) is 0 Å². The van der Waals surface area contributed by atoms with Crippen molar-refractivity contribution in [2.45, 2.75) is 71.9 Å². The third-order valence-corrected chi connectivity index (χ3v) is 5.94. The standard InChI is InChI=1S/C26H35ClN2O2/c1-4-7-18-28-26(31)24(6-3)29(19-22-10-8-9-11-23(22)27)25(30)17-16-21-14-12-20(5-2)13-15-21/h8-15,24H,4-7,16-19H2,1-3H3,(H,28,31). The zero-order valence-corrected chi connectivity index (χ0v) is 19.8. The molecule has 2 aromatic carbocycles. The fourth-order valence-corrected chi connectivity index (χ4v) is 3.77. The van der Waals surface area contributed by atoms with Gasteiger partial charge in [0.1, 0.15) is 6.04 Å². The van der Waals surface area contributed by atoms with E-state index in [0.717, 1.165) is 30.4 Å². The lowest BCUT2D eigenvalue weighted by Gasteiger charge is -2.31. The molecule has 168 valence electrons. The van der Waals surface area contributed by atoms with E-state index >= 15 is 0 Å². The first kappa shape index (κ1) is 24.9. The highest BCUT2D eigenvalue weighted by atomic mass is 35.5. The van der Waals surface area contributed by atoms with Gasteiger partial charge in [-0.05, 0) is 48.4 Å². The summed E-state index contributed by atoms with van der Waals surface area (Å²) in [6.07, 6.45) is 4.49. The number of nitrogens with zero attached hydrogens (tertiary/aromatic N) is 1. The highest BCUT2D eigenvalue weighted by Gasteiger charge is 2.28. The van der Waals surface area contributed by atoms with Crippen molar-refractivity contribution in [2.75, 3.05) is 6.54 Å². The topological polar surface area (TPSA) is 49.4 Å². The Hall–Kier alpha value is -2.33. The van der Waals surface area contributed by atoms with Crippen LogP contribution in [0.2, 0.25) is 5.02 Å². The van der Waals surface area contributed by atoms with Crippen LogP contribution >= 0.6 is 11.6 Å². The second-order valence-electron chi connectivity index (χ2n) is 7.85. The molecule has 5 heteroatoms. The molecule has 1 unspecified atom stereocenters. The van der Waals surface area contributed by atoms with E-state index in [1.165, 1.54) is 5.56 Å². The van der Waals surface area contributed by atoms with Crippen molar-refractivity contribution in [1.82, 2.24) is 10.2 Å². The van der Waals surface area contributed by atoms with Crippen molar-refractivity contribution in [3.05, 3.63) is 70.2 Å². The summed E-state index contributed by atoms with van der Waals surface area (Å²) in [6, 6.07) is 15.4. The van der Waals surface area contributed by atoms with Crippen molar-refractivity contribution >= 4 is 23.4 Å². The fourth-order valence-electron chi connectivity index (χ4n) is 3.57. The van der Waals surface area contributed by atoms with Gasteiger partial charge in [0.15, 0.2) is 0 Å². The summed E-state index contributed by atoms with van der Waals surface area (Å²) in [5.74, 6) is -0.124. The monoisotopic (exact) mass is 442 g/mol. The van der Waals surface area contributed by atoms with Crippen molar-refractivity contribution in [3.63, 3.8) is 0 Å². The summed E-state index contributed by atoms with van der Waals surface area (Å²) in [6.45, 7) is 7.11. The van der Waals surface area contributed by atoms with Gasteiger partial charge in [0.2, 0.25) is 11.8 Å². The molecule has 0 aliphatic heterocycles. The lowest BCUT2D eigenvalue weighted by atomic mass is 10.0. The second-order valence-corrected chi connectivity index (χ2v) is 8.26. The maximum atomic E-state index is 13.3. The van der Waals surface area contributed by atoms with Gasteiger partial charge in [-0.15, -0.1) is 0 Å². The van der Waals surface area contributed by atoms with E-state index in [0.29, 0.717) is 37.4 Å². The van der Waals surface area contributed by atoms with Crippen LogP contribution in [0.15, 0.2) is 48.5 Å². The maximum Gasteiger partial charge on any atom is 0.242 e. The third kappa shape index (κ3) is 7.70. The van der Waals surface area contributed by atoms with E-state index < -0.39 is 6.04 Å². The summed E-state index contributed by atoms with van der Waals surface area (Å²) >= 11 is 6.37. The highest BCUT2D eigenvalue weighted by molar-refractivity contribution is 6.31. The first-order valence-corrected chi connectivity index (χ1v) is 11.8. The average molecular weight is 443 g/mol. The normalized spacial score (nSPS) is 11.7. The average Bonchev–Trinajstić information content (AvgIpc) is 2.79. The SMILES string of the molecule is CCCCNC(=O)C(CC)N(Cc1ccccc1Cl)C(=O)CCc1ccc(CC)cc1. The fraction of sp³-hybridized carbons (Fsp3) is 0.462. The number of halogens is 1. The molecule has 0 spiro atoms. The Morgan fingerprint density at radius 1 is 1.00 bits per heavy atom. The third-order valence-electron chi connectivity index (χ3n) is 5.57. The number of unbranched alkanes of at least 4 members (excludes halogenated alkanes) is 1. The number of rotatable bonds is 12. The molecular weight excluding hydrogens is 408 g/mol. The lowest BCUT2D eigenvalue weighted by molar-refractivity contribution is -0.141. The number of carbonyl (C=O) groups excluding carboxylic acids is 2. The second kappa shape index (κ2) is 13.2. The molecule has 0 aliphatic carbocycles. The summed E-state index contributed by atoms with van der Waals surface area (Å²) in [5, 5.41) is 3.60. The lowest BCUT2D eigenvalue weighted by Crippen LogP contribution is -2.49. The van der Waals surface area contributed by atoms with E-state index in [2.05, 4.69) is 43.4 Å². The van der Waals surface area contributed by atoms with Crippen LogP contribution in [0.3, 0.4) is 0 Å². The number of carbonyl (C=O) groups is 2. The smallest absolute Gasteiger partial charge is 0.242 e. The largest absolute Gasteiger partial charge is 0.354 e. The molecule has 2 rings (SSSR count). The van der Waals surface area contributed by atoms with Gasteiger partial charge in [0, 0.05) is 24.5 Å². The number of hydrogen-bond acceptors (Lipinski definition) is 2. The van der Waals surface area contributed by atoms with E-state index in [4.69, 9.17) is 11.6 Å². The van der Waals surface area contributed by atoms with Crippen LogP contribution < -0.4 is 5.32 Å². The molecule has 0 aromatic heterocycles. The van der Waals surface area contributed by atoms with Gasteiger partial charge in [0.25, 0.3) is 0 Å². The molecule has 0 heterocycles. The molecule has 0 saturated carbocycles. The van der Waals surface area contributed by atoms with E-state index in [1.807, 2.05) is 31.2 Å². The van der Waals surface area contributed by atoms with Crippen LogP contribution in [-0.4, -0.2) is 29.3 Å². The zero-order chi connectivity index (χ0) is 22.6. The van der Waals surface area contributed by atoms with Crippen LogP contribution in [0.1, 0.15) is 63.1 Å². The predicted molar refractivity (Wildman–Crippen MR) is 128 cm³/mol. The highest BCUT2D eigenvalue weighted by Crippen LogP contribution is 2.21. The number of aryl methyl sites for hydroxylation is 2. The molecule has 0 radical (unpaired) electrons. The molecule has 1 N–H and O–H groups in total. The molecule has 2 aromatic rings. The maximum absolute atomic E-state index is 13.3. The molecule has 0 aliphatic rings. The van der Waals surface area contributed by atoms with Crippen molar-refractivity contribution in [3.8, 4) is 0 Å². The molecule has 1 atom stereocenters. The predicted octanol–water partition coefficient (Wildman–Crippen LogP) is 5.56. The Kier molecular flexibility index (Phi) is 10.6. The minimum absolute atomic E-state index is 0.0306. The van der Waals surface area contributed by atoms with Gasteiger partial charge in [-0.1, -0.05) is 81.3 Å². The summed E-state index contributed by atoms with van der Waals surface area (Å²) in [5.41, 5.74) is 3.26. The molecule has 0 fully saturated rings. The Bertz CT molecular complexity index is 836. The first-order chi connectivity index (χ1) is 15.0. The Balaban J connectivity index is 2.16. The molecule has 0 saturated heterocycles. The van der Waals surface area contributed by atoms with Crippen molar-refractivity contribution < 1.29 is 9.59 Å². The van der Waals surface area contributed by atoms with E-state index in [-0.39, 0.29) is 11.8 Å². The number of hydrogen-bond donors (Lipinski definition) is 1. The summed E-state index contributed by atoms with van der Waals surface area (Å²) < 4.78 is 0. The van der Waals surface area contributed by atoms with E-state index in [1.54, 1.807) is 4.90 Å². The van der Waals surface area contributed by atoms with E-state index in [9.17, 15) is 9.59 Å². The van der Waals surface area contributed by atoms with Crippen molar-refractivity contribution in [1.29, 1.82) is 0 Å². The number of nitrogens with one attached hydrogen (secondary N) is 1. The minimum Gasteiger partial charge on any atom is -0.354 e. The van der Waals surface area contributed by atoms with Crippen LogP contribution in [0, 0.1) is 0 Å². The van der Waals surface area contributed by atoms with Crippen molar-refractivity contribution in [2.24, 2.45) is 0 Å². The molecule has 31 heavy (non-hydrogen) atoms. The molecule has 4 nitrogen and oxygen atoms in total. The van der Waals surface area contributed by atoms with Crippen LogP contribution in [0.5, 0.6) is 0 Å². The quantitative estimate of drug-likeness (QED) is 0.437. The number of benzene rings is 2. The summed E-state index contributed by atoms with van der Waals surface area (Å²) in [4.78, 5) is 27.9. The van der Waals surface area contributed by atoms with Crippen LogP contribution in [0.25, 0.3) is 0 Å². The Morgan fingerprint density at radius 3 is 2.29 bits per heavy atom. The van der Waals surface area contributed by atoms with Gasteiger partial charge in [0.05, 0.1) is 0 Å². The molecule has 0 bridgehead atoms. The van der Waals surface area contributed by atoms with Gasteiger partial charge in [-0.3, -0.25) is 9.59 Å². The Morgan fingerprint density at radius 2 is 1.68 bits per heavy atom. The van der Waals surface area contributed by atoms with Gasteiger partial charge >= 0.3 is 0 Å². The van der Waals surface area contributed by atoms with Gasteiger partial charge < -0.3 is 10.2 Å². The summed E-state index contributed by atoms with van der Waals surface area (Å²) in [7, 11) is 0. The molecular formula is C26H35ClN2O2. The minimum atomic E-state index is -0.511. The van der Waals surface area contributed by atoms with Gasteiger partial charge in [-0.2, -0.15) is 0 Å².